The fourth-order valence-electron chi connectivity index (χ4n) is 9.23. The van der Waals surface area contributed by atoms with Crippen LogP contribution >= 0.6 is 0 Å². The molecule has 0 saturated heterocycles. The third-order valence-electron chi connectivity index (χ3n) is 14.1. The lowest BCUT2D eigenvalue weighted by Gasteiger charge is -2.19. The van der Waals surface area contributed by atoms with Gasteiger partial charge in [0.15, 0.2) is 0 Å². The highest BCUT2D eigenvalue weighted by atomic mass is 16.3. The summed E-state index contributed by atoms with van der Waals surface area (Å²) in [7, 11) is 0. The van der Waals surface area contributed by atoms with E-state index in [1.807, 2.05) is 6.08 Å². The molecule has 0 aliphatic rings. The van der Waals surface area contributed by atoms with Crippen molar-refractivity contribution in [2.24, 2.45) is 0 Å². The number of allylic oxidation sites excluding steroid dienone is 21. The van der Waals surface area contributed by atoms with Crippen LogP contribution in [0.4, 0.5) is 0 Å². The van der Waals surface area contributed by atoms with E-state index in [4.69, 9.17) is 0 Å². The molecule has 1 amide bonds. The third kappa shape index (κ3) is 61.4. The Bertz CT molecular complexity index is 1520. The van der Waals surface area contributed by atoms with Crippen LogP contribution in [0.5, 0.6) is 0 Å². The zero-order chi connectivity index (χ0) is 54.8. The Labute approximate surface area is 472 Å². The average Bonchev–Trinajstić information content (AvgIpc) is 3.42. The molecule has 0 fully saturated rings. The van der Waals surface area contributed by atoms with Crippen LogP contribution in [-0.4, -0.2) is 34.9 Å². The number of carbonyl (C=O) groups excluding carboxylic acids is 1. The predicted molar refractivity (Wildman–Crippen MR) is 340 cm³/mol. The first-order valence-electron chi connectivity index (χ1n) is 32.4. The van der Waals surface area contributed by atoms with Gasteiger partial charge in [-0.1, -0.05) is 314 Å². The first kappa shape index (κ1) is 72.5. The largest absolute Gasteiger partial charge is 0.394 e. The Kier molecular flexibility index (Phi) is 62.8. The van der Waals surface area contributed by atoms with Crippen molar-refractivity contribution in [2.75, 3.05) is 6.61 Å². The smallest absolute Gasteiger partial charge is 0.220 e. The number of hydrogen-bond donors (Lipinski definition) is 3. The van der Waals surface area contributed by atoms with Crippen LogP contribution in [0.3, 0.4) is 0 Å². The number of aliphatic hydroxyl groups is 2. The summed E-state index contributed by atoms with van der Waals surface area (Å²) in [4.78, 5) is 12.5. The molecule has 0 aromatic rings. The maximum atomic E-state index is 12.5. The maximum Gasteiger partial charge on any atom is 0.220 e. The minimum Gasteiger partial charge on any atom is -0.394 e. The topological polar surface area (TPSA) is 69.6 Å². The Balaban J connectivity index is 3.56. The van der Waals surface area contributed by atoms with E-state index in [0.717, 1.165) is 89.9 Å². The van der Waals surface area contributed by atoms with Crippen molar-refractivity contribution < 1.29 is 15.0 Å². The zero-order valence-electron chi connectivity index (χ0n) is 50.0. The summed E-state index contributed by atoms with van der Waals surface area (Å²) in [5.74, 6) is -0.0796. The van der Waals surface area contributed by atoms with E-state index < -0.39 is 12.1 Å². The fourth-order valence-corrected chi connectivity index (χ4v) is 9.23. The van der Waals surface area contributed by atoms with Gasteiger partial charge in [-0.25, -0.2) is 0 Å². The minimum atomic E-state index is -0.878. The molecule has 2 unspecified atom stereocenters. The van der Waals surface area contributed by atoms with Gasteiger partial charge in [-0.2, -0.15) is 0 Å². The number of rotatable bonds is 58. The summed E-state index contributed by atoms with van der Waals surface area (Å²) in [5, 5.41) is 23.2. The molecule has 0 radical (unpaired) electrons. The van der Waals surface area contributed by atoms with Crippen LogP contribution in [0.15, 0.2) is 134 Å². The highest BCUT2D eigenvalue weighted by molar-refractivity contribution is 5.76. The minimum absolute atomic E-state index is 0.0796. The Morgan fingerprint density at radius 3 is 0.921 bits per heavy atom. The van der Waals surface area contributed by atoms with Gasteiger partial charge in [0.1, 0.15) is 0 Å². The molecule has 2 atom stereocenters. The summed E-state index contributed by atoms with van der Waals surface area (Å²) in [6, 6.07) is -0.654. The molecule has 4 nitrogen and oxygen atoms in total. The molecule has 76 heavy (non-hydrogen) atoms. The normalized spacial score (nSPS) is 13.7. The first-order chi connectivity index (χ1) is 37.7. The number of amides is 1. The SMILES string of the molecule is CC/C=C\C/C=C\C/C=C\C/C=C\C/C=C\C/C=C\C/C=C\C/C=C\CCCCCCCCCCCCCCCCCCC(=O)NC(CO)C(O)/C=C/CC/C=C/CC/C=C/CCCCCCCCCCCCCCC. The number of aliphatic hydroxyl groups excluding tert-OH is 2. The molecular weight excluding hydrogens is 927 g/mol. The maximum absolute atomic E-state index is 12.5. The van der Waals surface area contributed by atoms with Crippen LogP contribution in [0.2, 0.25) is 0 Å². The Morgan fingerprint density at radius 1 is 0.329 bits per heavy atom. The monoisotopic (exact) mass is 1050 g/mol. The van der Waals surface area contributed by atoms with Gasteiger partial charge in [0, 0.05) is 6.42 Å². The van der Waals surface area contributed by atoms with Gasteiger partial charge in [-0.3, -0.25) is 4.79 Å². The summed E-state index contributed by atoms with van der Waals surface area (Å²) in [6.07, 6.45) is 102. The predicted octanol–water partition coefficient (Wildman–Crippen LogP) is 22.1. The van der Waals surface area contributed by atoms with E-state index in [1.54, 1.807) is 6.08 Å². The Morgan fingerprint density at radius 2 is 0.592 bits per heavy atom. The second-order valence-electron chi connectivity index (χ2n) is 21.4. The van der Waals surface area contributed by atoms with Crippen LogP contribution < -0.4 is 5.32 Å². The van der Waals surface area contributed by atoms with Gasteiger partial charge in [-0.05, 0) is 109 Å². The van der Waals surface area contributed by atoms with Gasteiger partial charge in [0.25, 0.3) is 0 Å². The average molecular weight is 1050 g/mol. The number of nitrogens with one attached hydrogen (secondary N) is 1. The number of carbonyl (C=O) groups is 1. The second kappa shape index (κ2) is 65.8. The summed E-state index contributed by atoms with van der Waals surface area (Å²) < 4.78 is 0. The lowest BCUT2D eigenvalue weighted by atomic mass is 10.0. The summed E-state index contributed by atoms with van der Waals surface area (Å²) in [5.41, 5.74) is 0. The zero-order valence-corrected chi connectivity index (χ0v) is 50.0. The van der Waals surface area contributed by atoms with E-state index in [0.29, 0.717) is 6.42 Å². The van der Waals surface area contributed by atoms with Crippen molar-refractivity contribution >= 4 is 5.91 Å². The molecule has 0 aliphatic carbocycles. The van der Waals surface area contributed by atoms with Gasteiger partial charge in [-0.15, -0.1) is 0 Å². The van der Waals surface area contributed by atoms with Crippen molar-refractivity contribution in [1.82, 2.24) is 5.32 Å². The van der Waals surface area contributed by atoms with Gasteiger partial charge in [0.2, 0.25) is 5.91 Å². The van der Waals surface area contributed by atoms with E-state index in [1.165, 1.54) is 186 Å². The molecule has 0 aliphatic heterocycles. The third-order valence-corrected chi connectivity index (χ3v) is 14.1. The van der Waals surface area contributed by atoms with Gasteiger partial charge >= 0.3 is 0 Å². The van der Waals surface area contributed by atoms with Crippen molar-refractivity contribution in [1.29, 1.82) is 0 Å². The second-order valence-corrected chi connectivity index (χ2v) is 21.4. The highest BCUT2D eigenvalue weighted by Crippen LogP contribution is 2.16. The van der Waals surface area contributed by atoms with E-state index in [9.17, 15) is 15.0 Å². The van der Waals surface area contributed by atoms with Crippen LogP contribution in [0, 0.1) is 0 Å². The van der Waals surface area contributed by atoms with Crippen LogP contribution in [-0.2, 0) is 4.79 Å². The van der Waals surface area contributed by atoms with E-state index in [2.05, 4.69) is 141 Å². The van der Waals surface area contributed by atoms with Crippen LogP contribution in [0.25, 0.3) is 0 Å². The number of hydrogen-bond acceptors (Lipinski definition) is 3. The standard InChI is InChI=1S/C72H123NO3/c1-3-5-7-9-11-13-15-17-19-21-23-25-27-28-29-30-31-32-33-34-35-36-37-38-39-40-41-42-43-44-46-48-50-52-54-56-58-60-62-64-66-68-72(76)73-70(69-74)71(75)67-65-63-61-59-57-55-53-51-49-47-45-26-24-22-20-18-16-14-12-10-8-6-4-2/h5,7,11,13,17,19,23,25,28-29,31-32,34-35,37-38,49,51,57,59,65,67,70-71,74-75H,3-4,6,8-10,12,14-16,18,20-22,24,26-27,30,33,36,39-48,50,52-56,58,60-64,66,68-69H2,1-2H3,(H,73,76)/b7-5-,13-11-,19-17-,25-23-,29-28-,32-31-,35-34-,38-37-,51-49+,59-57+,67-65+. The van der Waals surface area contributed by atoms with Crippen molar-refractivity contribution in [3.63, 3.8) is 0 Å². The van der Waals surface area contributed by atoms with Crippen molar-refractivity contribution in [2.45, 2.75) is 309 Å². The molecule has 0 bridgehead atoms. The molecule has 0 spiro atoms. The molecule has 0 heterocycles. The van der Waals surface area contributed by atoms with Gasteiger partial charge in [0.05, 0.1) is 18.8 Å². The van der Waals surface area contributed by atoms with Crippen molar-refractivity contribution in [3.8, 4) is 0 Å². The first-order valence-corrected chi connectivity index (χ1v) is 32.4. The molecular formula is C72H123NO3. The molecule has 4 heteroatoms. The number of unbranched alkanes of at least 4 members (excludes halogenated alkanes) is 31. The van der Waals surface area contributed by atoms with E-state index >= 15 is 0 Å². The summed E-state index contributed by atoms with van der Waals surface area (Å²) in [6.45, 7) is 4.19. The molecule has 3 N–H and O–H groups in total. The van der Waals surface area contributed by atoms with E-state index in [-0.39, 0.29) is 12.5 Å². The Hall–Kier alpha value is -3.47. The molecule has 0 saturated carbocycles. The molecule has 0 rings (SSSR count). The van der Waals surface area contributed by atoms with Crippen LogP contribution in [0.1, 0.15) is 296 Å². The lowest BCUT2D eigenvalue weighted by molar-refractivity contribution is -0.123. The van der Waals surface area contributed by atoms with Crippen molar-refractivity contribution in [3.05, 3.63) is 134 Å². The lowest BCUT2D eigenvalue weighted by Crippen LogP contribution is -2.45. The summed E-state index contributed by atoms with van der Waals surface area (Å²) >= 11 is 0. The molecule has 0 aromatic carbocycles. The quantitative estimate of drug-likeness (QED) is 0.0420. The molecule has 434 valence electrons. The molecule has 0 aromatic heterocycles. The van der Waals surface area contributed by atoms with Gasteiger partial charge < -0.3 is 15.5 Å². The fraction of sp³-hybridized carbons (Fsp3) is 0.681. The highest BCUT2D eigenvalue weighted by Gasteiger charge is 2.18.